The number of carbonyl (C=O) groups excluding carboxylic acids is 2. The molecule has 1 N–H and O–H groups in total. The van der Waals surface area contributed by atoms with Gasteiger partial charge in [0.15, 0.2) is 0 Å². The fourth-order valence-corrected chi connectivity index (χ4v) is 4.63. The number of nitrogens with zero attached hydrogens (tertiary/aromatic N) is 1. The summed E-state index contributed by atoms with van der Waals surface area (Å²) >= 11 is 19.1. The van der Waals surface area contributed by atoms with E-state index in [9.17, 15) is 14.4 Å². The molecule has 2 amide bonds. The minimum Gasteiger partial charge on any atom is -0.478 e. The second-order valence-electron chi connectivity index (χ2n) is 6.67. The highest BCUT2D eigenvalue weighted by atomic mass is 35.5. The SMILES string of the molecule is O=C(O)c1ccc(-c2ccc(/C=C3\SC(=O)N(Cc4c(Cl)cccc4Cl)C3=O)o2)cc1Cl. The summed E-state index contributed by atoms with van der Waals surface area (Å²) in [6, 6.07) is 12.7. The lowest BCUT2D eigenvalue weighted by molar-refractivity contribution is -0.123. The zero-order valence-electron chi connectivity index (χ0n) is 16.0. The van der Waals surface area contributed by atoms with Crippen molar-refractivity contribution in [3.63, 3.8) is 0 Å². The molecule has 0 bridgehead atoms. The third kappa shape index (κ3) is 4.42. The van der Waals surface area contributed by atoms with Crippen molar-refractivity contribution in [2.24, 2.45) is 0 Å². The third-order valence-corrected chi connectivity index (χ3v) is 6.56. The maximum absolute atomic E-state index is 12.8. The van der Waals surface area contributed by atoms with Crippen molar-refractivity contribution < 1.29 is 23.9 Å². The maximum Gasteiger partial charge on any atom is 0.337 e. The Labute approximate surface area is 201 Å². The van der Waals surface area contributed by atoms with Gasteiger partial charge >= 0.3 is 5.97 Å². The molecule has 1 saturated heterocycles. The van der Waals surface area contributed by atoms with Crippen LogP contribution in [0.5, 0.6) is 0 Å². The second kappa shape index (κ2) is 9.03. The number of aromatic carboxylic acids is 1. The molecule has 0 radical (unpaired) electrons. The van der Waals surface area contributed by atoms with Gasteiger partial charge in [0.2, 0.25) is 0 Å². The number of halogens is 3. The Morgan fingerprint density at radius 1 is 1.03 bits per heavy atom. The van der Waals surface area contributed by atoms with E-state index < -0.39 is 17.1 Å². The summed E-state index contributed by atoms with van der Waals surface area (Å²) in [4.78, 5) is 37.6. The first-order valence-corrected chi connectivity index (χ1v) is 11.0. The van der Waals surface area contributed by atoms with E-state index in [2.05, 4.69) is 0 Å². The number of carbonyl (C=O) groups is 3. The first kappa shape index (κ1) is 22.5. The van der Waals surface area contributed by atoms with E-state index in [1.54, 1.807) is 36.4 Å². The molecule has 2 heterocycles. The Balaban J connectivity index is 1.56. The highest BCUT2D eigenvalue weighted by Gasteiger charge is 2.36. The molecule has 4 rings (SSSR count). The van der Waals surface area contributed by atoms with Crippen LogP contribution in [0.3, 0.4) is 0 Å². The van der Waals surface area contributed by atoms with Gasteiger partial charge in [-0.2, -0.15) is 0 Å². The number of rotatable bonds is 5. The Morgan fingerprint density at radius 3 is 2.41 bits per heavy atom. The second-order valence-corrected chi connectivity index (χ2v) is 8.88. The Hall–Kier alpha value is -2.71. The highest BCUT2D eigenvalue weighted by Crippen LogP contribution is 2.36. The molecule has 1 aliphatic heterocycles. The number of carboxylic acid groups (broad SMARTS) is 1. The summed E-state index contributed by atoms with van der Waals surface area (Å²) in [7, 11) is 0. The fourth-order valence-electron chi connectivity index (χ4n) is 3.03. The van der Waals surface area contributed by atoms with Crippen LogP contribution in [0.1, 0.15) is 21.7 Å². The molecule has 0 spiro atoms. The van der Waals surface area contributed by atoms with Crippen LogP contribution in [0.2, 0.25) is 15.1 Å². The topological polar surface area (TPSA) is 87.8 Å². The van der Waals surface area contributed by atoms with E-state index in [1.807, 2.05) is 0 Å². The Bertz CT molecular complexity index is 1280. The summed E-state index contributed by atoms with van der Waals surface area (Å²) < 4.78 is 5.74. The lowest BCUT2D eigenvalue weighted by Crippen LogP contribution is -2.27. The van der Waals surface area contributed by atoms with Crippen LogP contribution in [0.15, 0.2) is 57.9 Å². The standard InChI is InChI=1S/C22H12Cl3NO5S/c23-15-2-1-3-16(24)14(15)10-26-20(27)19(32-22(26)30)9-12-5-7-18(31-12)11-4-6-13(21(28)29)17(25)8-11/h1-9H,10H2,(H,28,29)/b19-9-. The normalized spacial score (nSPS) is 15.1. The highest BCUT2D eigenvalue weighted by molar-refractivity contribution is 8.18. The van der Waals surface area contributed by atoms with Crippen molar-refractivity contribution in [2.75, 3.05) is 0 Å². The maximum atomic E-state index is 12.8. The minimum atomic E-state index is -1.13. The summed E-state index contributed by atoms with van der Waals surface area (Å²) in [6.45, 7) is -0.0433. The third-order valence-electron chi connectivity index (χ3n) is 4.64. The van der Waals surface area contributed by atoms with Gasteiger partial charge in [-0.3, -0.25) is 14.5 Å². The van der Waals surface area contributed by atoms with E-state index in [-0.39, 0.29) is 22.0 Å². The number of imide groups is 1. The summed E-state index contributed by atoms with van der Waals surface area (Å²) in [5.41, 5.74) is 1.04. The number of carboxylic acids is 1. The van der Waals surface area contributed by atoms with E-state index in [1.165, 1.54) is 18.2 Å². The average molecular weight is 509 g/mol. The lowest BCUT2D eigenvalue weighted by Gasteiger charge is -2.14. The number of furan rings is 1. The first-order chi connectivity index (χ1) is 15.2. The quantitative estimate of drug-likeness (QED) is 0.380. The van der Waals surface area contributed by atoms with Gasteiger partial charge in [-0.15, -0.1) is 0 Å². The fraction of sp³-hybridized carbons (Fsp3) is 0.0455. The minimum absolute atomic E-state index is 0.0190. The van der Waals surface area contributed by atoms with Gasteiger partial charge in [0, 0.05) is 27.2 Å². The van der Waals surface area contributed by atoms with Crippen molar-refractivity contribution in [2.45, 2.75) is 6.54 Å². The van der Waals surface area contributed by atoms with Crippen molar-refractivity contribution in [3.8, 4) is 11.3 Å². The molecule has 6 nitrogen and oxygen atoms in total. The monoisotopic (exact) mass is 507 g/mol. The zero-order chi connectivity index (χ0) is 23.0. The van der Waals surface area contributed by atoms with Gasteiger partial charge in [-0.05, 0) is 48.2 Å². The molecule has 2 aromatic carbocycles. The van der Waals surface area contributed by atoms with Gasteiger partial charge in [0.25, 0.3) is 11.1 Å². The summed E-state index contributed by atoms with van der Waals surface area (Å²) in [5.74, 6) is -0.838. The molecule has 0 aliphatic carbocycles. The molecule has 32 heavy (non-hydrogen) atoms. The van der Waals surface area contributed by atoms with Crippen molar-refractivity contribution in [1.29, 1.82) is 0 Å². The summed E-state index contributed by atoms with van der Waals surface area (Å²) in [6.07, 6.45) is 1.47. The van der Waals surface area contributed by atoms with Crippen LogP contribution in [0, 0.1) is 0 Å². The van der Waals surface area contributed by atoms with Crippen molar-refractivity contribution >= 4 is 69.8 Å². The van der Waals surface area contributed by atoms with E-state index in [4.69, 9.17) is 44.3 Å². The molecule has 1 aromatic heterocycles. The molecule has 0 atom stereocenters. The summed E-state index contributed by atoms with van der Waals surface area (Å²) in [5, 5.41) is 9.45. The number of amides is 2. The van der Waals surface area contributed by atoms with E-state index in [0.717, 1.165) is 16.7 Å². The molecular formula is C22H12Cl3NO5S. The van der Waals surface area contributed by atoms with Gasteiger partial charge in [-0.1, -0.05) is 46.9 Å². The van der Waals surface area contributed by atoms with E-state index >= 15 is 0 Å². The average Bonchev–Trinajstić information content (AvgIpc) is 3.30. The van der Waals surface area contributed by atoms with Crippen molar-refractivity contribution in [3.05, 3.63) is 85.4 Å². The van der Waals surface area contributed by atoms with Crippen LogP contribution in [-0.2, 0) is 11.3 Å². The molecule has 1 aliphatic rings. The van der Waals surface area contributed by atoms with Gasteiger partial charge in [-0.25, -0.2) is 4.79 Å². The molecular weight excluding hydrogens is 497 g/mol. The molecule has 10 heteroatoms. The van der Waals surface area contributed by atoms with Crippen LogP contribution in [-0.4, -0.2) is 27.1 Å². The van der Waals surface area contributed by atoms with E-state index in [0.29, 0.717) is 32.7 Å². The van der Waals surface area contributed by atoms with Gasteiger partial charge in [0.1, 0.15) is 11.5 Å². The smallest absolute Gasteiger partial charge is 0.337 e. The lowest BCUT2D eigenvalue weighted by atomic mass is 10.1. The zero-order valence-corrected chi connectivity index (χ0v) is 19.1. The van der Waals surface area contributed by atoms with Crippen molar-refractivity contribution in [1.82, 2.24) is 4.90 Å². The Morgan fingerprint density at radius 2 is 1.75 bits per heavy atom. The number of hydrogen-bond donors (Lipinski definition) is 1. The van der Waals surface area contributed by atoms with Crippen LogP contribution < -0.4 is 0 Å². The first-order valence-electron chi connectivity index (χ1n) is 9.06. The largest absolute Gasteiger partial charge is 0.478 e. The predicted molar refractivity (Wildman–Crippen MR) is 124 cm³/mol. The number of thioether (sulfide) groups is 1. The van der Waals surface area contributed by atoms with Crippen LogP contribution in [0.25, 0.3) is 17.4 Å². The molecule has 0 saturated carbocycles. The number of benzene rings is 2. The molecule has 3 aromatic rings. The van der Waals surface area contributed by atoms with Crippen LogP contribution >= 0.6 is 46.6 Å². The van der Waals surface area contributed by atoms with Crippen LogP contribution in [0.4, 0.5) is 4.79 Å². The number of hydrogen-bond acceptors (Lipinski definition) is 5. The molecule has 0 unspecified atom stereocenters. The predicted octanol–water partition coefficient (Wildman–Crippen LogP) is 6.84. The Kier molecular flexibility index (Phi) is 6.35. The van der Waals surface area contributed by atoms with Gasteiger partial charge in [0.05, 0.1) is 22.0 Å². The molecule has 1 fully saturated rings. The molecule has 162 valence electrons. The van der Waals surface area contributed by atoms with Gasteiger partial charge < -0.3 is 9.52 Å².